The quantitative estimate of drug-likeness (QED) is 0.793. The van der Waals surface area contributed by atoms with Gasteiger partial charge in [0, 0.05) is 20.0 Å². The van der Waals surface area contributed by atoms with E-state index in [0.29, 0.717) is 13.0 Å². The third kappa shape index (κ3) is 5.34. The molecule has 2 aromatic carbocycles. The van der Waals surface area contributed by atoms with Gasteiger partial charge in [-0.25, -0.2) is 4.79 Å². The van der Waals surface area contributed by atoms with Crippen LogP contribution in [0, 0.1) is 0 Å². The summed E-state index contributed by atoms with van der Waals surface area (Å²) >= 11 is 0. The zero-order valence-electron chi connectivity index (χ0n) is 15.4. The molecule has 0 spiro atoms. The maximum Gasteiger partial charge on any atom is 0.410 e. The number of aliphatic carboxylic acids is 1. The molecule has 0 atom stereocenters. The van der Waals surface area contributed by atoms with E-state index in [-0.39, 0.29) is 6.42 Å². The van der Waals surface area contributed by atoms with Crippen molar-refractivity contribution in [2.24, 2.45) is 0 Å². The van der Waals surface area contributed by atoms with E-state index in [2.05, 4.69) is 0 Å². The molecule has 0 saturated heterocycles. The van der Waals surface area contributed by atoms with Crippen molar-refractivity contribution in [3.8, 4) is 11.1 Å². The molecule has 5 nitrogen and oxygen atoms in total. The number of hydrogen-bond donors (Lipinski definition) is 1. The molecular formula is C21H25NO4. The number of carbonyl (C=O) groups excluding carboxylic acids is 1. The van der Waals surface area contributed by atoms with Gasteiger partial charge >= 0.3 is 12.1 Å². The molecule has 0 heterocycles. The third-order valence-electron chi connectivity index (χ3n) is 4.23. The van der Waals surface area contributed by atoms with E-state index in [1.807, 2.05) is 68.4 Å². The smallest absolute Gasteiger partial charge is 0.410 e. The SMILES string of the molecule is CN(CCCC(=O)O)C(=O)OC(C)(C)c1ccc(-c2ccccc2)cc1. The van der Waals surface area contributed by atoms with E-state index in [1.54, 1.807) is 7.05 Å². The zero-order chi connectivity index (χ0) is 19.2. The van der Waals surface area contributed by atoms with Crippen molar-refractivity contribution >= 4 is 12.1 Å². The summed E-state index contributed by atoms with van der Waals surface area (Å²) in [5.74, 6) is -0.870. The summed E-state index contributed by atoms with van der Waals surface area (Å²) < 4.78 is 5.63. The number of ether oxygens (including phenoxy) is 1. The molecular weight excluding hydrogens is 330 g/mol. The van der Waals surface area contributed by atoms with Crippen LogP contribution >= 0.6 is 0 Å². The number of benzene rings is 2. The lowest BCUT2D eigenvalue weighted by atomic mass is 9.95. The van der Waals surface area contributed by atoms with Gasteiger partial charge in [-0.15, -0.1) is 0 Å². The molecule has 0 aliphatic rings. The number of amides is 1. The lowest BCUT2D eigenvalue weighted by Gasteiger charge is -2.28. The van der Waals surface area contributed by atoms with E-state index in [1.165, 1.54) is 4.90 Å². The minimum absolute atomic E-state index is 0.0297. The summed E-state index contributed by atoms with van der Waals surface area (Å²) in [6.07, 6.45) is -0.0396. The third-order valence-corrected chi connectivity index (χ3v) is 4.23. The standard InChI is InChI=1S/C21H25NO4/c1-21(2,26-20(25)22(3)15-7-10-19(23)24)18-13-11-17(12-14-18)16-8-5-4-6-9-16/h4-6,8-9,11-14H,7,10,15H2,1-3H3,(H,23,24). The van der Waals surface area contributed by atoms with Crippen molar-refractivity contribution in [3.63, 3.8) is 0 Å². The van der Waals surface area contributed by atoms with Crippen molar-refractivity contribution in [2.45, 2.75) is 32.3 Å². The van der Waals surface area contributed by atoms with Crippen LogP contribution < -0.4 is 0 Å². The van der Waals surface area contributed by atoms with Crippen LogP contribution in [0.2, 0.25) is 0 Å². The number of carbonyl (C=O) groups is 2. The molecule has 0 unspecified atom stereocenters. The summed E-state index contributed by atoms with van der Waals surface area (Å²) in [5, 5.41) is 8.67. The van der Waals surface area contributed by atoms with Crippen LogP contribution in [-0.2, 0) is 15.1 Å². The summed E-state index contributed by atoms with van der Waals surface area (Å²) in [5.41, 5.74) is 2.34. The molecule has 0 bridgehead atoms. The molecule has 1 N–H and O–H groups in total. The van der Waals surface area contributed by atoms with E-state index in [4.69, 9.17) is 9.84 Å². The lowest BCUT2D eigenvalue weighted by molar-refractivity contribution is -0.137. The Morgan fingerprint density at radius 1 is 1.00 bits per heavy atom. The van der Waals surface area contributed by atoms with Gasteiger partial charge < -0.3 is 14.7 Å². The highest BCUT2D eigenvalue weighted by Gasteiger charge is 2.27. The monoisotopic (exact) mass is 355 g/mol. The number of nitrogens with zero attached hydrogens (tertiary/aromatic N) is 1. The Morgan fingerprint density at radius 3 is 2.15 bits per heavy atom. The van der Waals surface area contributed by atoms with E-state index in [9.17, 15) is 9.59 Å². The highest BCUT2D eigenvalue weighted by atomic mass is 16.6. The number of carboxylic acids is 1. The second-order valence-electron chi connectivity index (χ2n) is 6.74. The van der Waals surface area contributed by atoms with Crippen LogP contribution in [-0.4, -0.2) is 35.7 Å². The Hall–Kier alpha value is -2.82. The van der Waals surface area contributed by atoms with E-state index < -0.39 is 17.7 Å². The molecule has 2 aromatic rings. The van der Waals surface area contributed by atoms with Gasteiger partial charge in [-0.2, -0.15) is 0 Å². The van der Waals surface area contributed by atoms with Crippen molar-refractivity contribution < 1.29 is 19.4 Å². The summed E-state index contributed by atoms with van der Waals surface area (Å²) in [6, 6.07) is 18.0. The minimum Gasteiger partial charge on any atom is -0.481 e. The van der Waals surface area contributed by atoms with Crippen LogP contribution in [0.1, 0.15) is 32.3 Å². The fourth-order valence-corrected chi connectivity index (χ4v) is 2.61. The first-order valence-electron chi connectivity index (χ1n) is 8.61. The van der Waals surface area contributed by atoms with Gasteiger partial charge in [-0.05, 0) is 37.0 Å². The molecule has 0 fully saturated rings. The number of carboxylic acid groups (broad SMARTS) is 1. The molecule has 2 rings (SSSR count). The van der Waals surface area contributed by atoms with Crippen molar-refractivity contribution in [2.75, 3.05) is 13.6 Å². The fraction of sp³-hybridized carbons (Fsp3) is 0.333. The van der Waals surface area contributed by atoms with Gasteiger partial charge in [-0.1, -0.05) is 54.6 Å². The Labute approximate surface area is 154 Å². The van der Waals surface area contributed by atoms with Crippen molar-refractivity contribution in [3.05, 3.63) is 60.2 Å². The number of rotatable bonds is 7. The van der Waals surface area contributed by atoms with Crippen molar-refractivity contribution in [1.29, 1.82) is 0 Å². The molecule has 0 aromatic heterocycles. The van der Waals surface area contributed by atoms with Crippen LogP contribution in [0.4, 0.5) is 4.79 Å². The molecule has 0 radical (unpaired) electrons. The first-order chi connectivity index (χ1) is 12.3. The molecule has 0 saturated carbocycles. The topological polar surface area (TPSA) is 66.8 Å². The molecule has 26 heavy (non-hydrogen) atoms. The van der Waals surface area contributed by atoms with Crippen LogP contribution in [0.3, 0.4) is 0 Å². The summed E-state index contributed by atoms with van der Waals surface area (Å²) in [4.78, 5) is 24.2. The number of hydrogen-bond acceptors (Lipinski definition) is 3. The highest BCUT2D eigenvalue weighted by Crippen LogP contribution is 2.28. The first-order valence-corrected chi connectivity index (χ1v) is 8.61. The van der Waals surface area contributed by atoms with Gasteiger partial charge in [0.1, 0.15) is 5.60 Å². The Morgan fingerprint density at radius 2 is 1.58 bits per heavy atom. The van der Waals surface area contributed by atoms with Crippen molar-refractivity contribution in [1.82, 2.24) is 4.90 Å². The summed E-state index contributed by atoms with van der Waals surface area (Å²) in [7, 11) is 1.61. The van der Waals surface area contributed by atoms with Gasteiger partial charge in [0.15, 0.2) is 0 Å². The average molecular weight is 355 g/mol. The largest absolute Gasteiger partial charge is 0.481 e. The summed E-state index contributed by atoms with van der Waals surface area (Å²) in [6.45, 7) is 4.02. The Bertz CT molecular complexity index is 738. The van der Waals surface area contributed by atoms with Crippen LogP contribution in [0.5, 0.6) is 0 Å². The fourth-order valence-electron chi connectivity index (χ4n) is 2.61. The molecule has 5 heteroatoms. The second-order valence-corrected chi connectivity index (χ2v) is 6.74. The Kier molecular flexibility index (Phi) is 6.39. The van der Waals surface area contributed by atoms with E-state index >= 15 is 0 Å². The van der Waals surface area contributed by atoms with Crippen LogP contribution in [0.25, 0.3) is 11.1 Å². The molecule has 0 aliphatic carbocycles. The molecule has 138 valence electrons. The second kappa shape index (κ2) is 8.52. The predicted octanol–water partition coefficient (Wildman–Crippen LogP) is 4.52. The van der Waals surface area contributed by atoms with Gasteiger partial charge in [0.2, 0.25) is 0 Å². The molecule has 0 aliphatic heterocycles. The normalized spacial score (nSPS) is 11.0. The predicted molar refractivity (Wildman–Crippen MR) is 101 cm³/mol. The zero-order valence-corrected chi connectivity index (χ0v) is 15.4. The first kappa shape index (κ1) is 19.5. The minimum atomic E-state index is -0.870. The maximum atomic E-state index is 12.3. The lowest BCUT2D eigenvalue weighted by Crippen LogP contribution is -2.35. The van der Waals surface area contributed by atoms with Gasteiger partial charge in [0.05, 0.1) is 0 Å². The highest BCUT2D eigenvalue weighted by molar-refractivity contribution is 5.69. The van der Waals surface area contributed by atoms with Crippen LogP contribution in [0.15, 0.2) is 54.6 Å². The van der Waals surface area contributed by atoms with E-state index in [0.717, 1.165) is 16.7 Å². The van der Waals surface area contributed by atoms with Gasteiger partial charge in [-0.3, -0.25) is 4.79 Å². The van der Waals surface area contributed by atoms with Gasteiger partial charge in [0.25, 0.3) is 0 Å². The maximum absolute atomic E-state index is 12.3. The average Bonchev–Trinajstić information content (AvgIpc) is 2.62. The molecule has 1 amide bonds. The Balaban J connectivity index is 2.00.